The molecule has 1 fully saturated rings. The summed E-state index contributed by atoms with van der Waals surface area (Å²) < 4.78 is 22.9. The van der Waals surface area contributed by atoms with Gasteiger partial charge in [-0.25, -0.2) is 0 Å². The molecule has 6 nitrogen and oxygen atoms in total. The zero-order chi connectivity index (χ0) is 20.5. The van der Waals surface area contributed by atoms with E-state index in [9.17, 15) is 4.79 Å². The van der Waals surface area contributed by atoms with E-state index in [0.29, 0.717) is 29.5 Å². The Kier molecular flexibility index (Phi) is 5.09. The van der Waals surface area contributed by atoms with Gasteiger partial charge >= 0.3 is 0 Å². The van der Waals surface area contributed by atoms with Crippen LogP contribution in [0.2, 0.25) is 0 Å². The fourth-order valence-corrected chi connectivity index (χ4v) is 4.43. The largest absolute Gasteiger partial charge is 0.497 e. The van der Waals surface area contributed by atoms with Crippen molar-refractivity contribution in [2.45, 2.75) is 44.7 Å². The Morgan fingerprint density at radius 3 is 2.53 bits per heavy atom. The highest BCUT2D eigenvalue weighted by Gasteiger charge is 2.28. The van der Waals surface area contributed by atoms with Gasteiger partial charge in [-0.3, -0.25) is 9.69 Å². The number of ether oxygens (including phenoxy) is 3. The van der Waals surface area contributed by atoms with Crippen LogP contribution < -0.4 is 19.6 Å². The standard InChI is InChI=1S/C24H25NO5/c1-27-17-7-9-18(10-8-17)30-22-14-28-24-19(23(22)26)11-12-21-20(24)13-25(15-29-21)16-5-3-2-4-6-16/h7-12,14,16H,2-6,13,15H2,1H3. The molecule has 5 rings (SSSR count). The first-order chi connectivity index (χ1) is 14.7. The smallest absolute Gasteiger partial charge is 0.235 e. The third-order valence-electron chi connectivity index (χ3n) is 6.10. The Hall–Kier alpha value is -2.99. The molecule has 1 aromatic heterocycles. The van der Waals surface area contributed by atoms with Crippen LogP contribution in [0.3, 0.4) is 0 Å². The van der Waals surface area contributed by atoms with Gasteiger partial charge in [0.15, 0.2) is 0 Å². The van der Waals surface area contributed by atoms with Gasteiger partial charge in [0.2, 0.25) is 11.2 Å². The highest BCUT2D eigenvalue weighted by molar-refractivity contribution is 5.83. The lowest BCUT2D eigenvalue weighted by Crippen LogP contribution is -2.41. The van der Waals surface area contributed by atoms with Crippen molar-refractivity contribution in [1.29, 1.82) is 0 Å². The number of hydrogen-bond acceptors (Lipinski definition) is 6. The van der Waals surface area contributed by atoms with Crippen LogP contribution in [-0.4, -0.2) is 24.8 Å². The summed E-state index contributed by atoms with van der Waals surface area (Å²) >= 11 is 0. The quantitative estimate of drug-likeness (QED) is 0.601. The minimum absolute atomic E-state index is 0.161. The molecule has 0 radical (unpaired) electrons. The third-order valence-corrected chi connectivity index (χ3v) is 6.10. The third kappa shape index (κ3) is 3.52. The first-order valence-electron chi connectivity index (χ1n) is 10.5. The average Bonchev–Trinajstić information content (AvgIpc) is 2.81. The maximum Gasteiger partial charge on any atom is 0.235 e. The second-order valence-corrected chi connectivity index (χ2v) is 7.94. The molecule has 3 aromatic rings. The van der Waals surface area contributed by atoms with Crippen molar-refractivity contribution in [3.63, 3.8) is 0 Å². The molecular formula is C24H25NO5. The Labute approximate surface area is 175 Å². The lowest BCUT2D eigenvalue weighted by atomic mass is 9.93. The molecule has 0 spiro atoms. The van der Waals surface area contributed by atoms with Crippen molar-refractivity contribution in [2.75, 3.05) is 13.8 Å². The number of rotatable bonds is 4. The minimum Gasteiger partial charge on any atom is -0.497 e. The van der Waals surface area contributed by atoms with Crippen LogP contribution in [0.25, 0.3) is 11.0 Å². The summed E-state index contributed by atoms with van der Waals surface area (Å²) in [5, 5.41) is 0.508. The second kappa shape index (κ2) is 8.03. The highest BCUT2D eigenvalue weighted by atomic mass is 16.5. The molecule has 156 valence electrons. The maximum atomic E-state index is 13.1. The van der Waals surface area contributed by atoms with Gasteiger partial charge in [0, 0.05) is 12.6 Å². The fourth-order valence-electron chi connectivity index (χ4n) is 4.43. The Bertz CT molecular complexity index is 1100. The van der Waals surface area contributed by atoms with Crippen molar-refractivity contribution in [3.8, 4) is 23.0 Å². The van der Waals surface area contributed by atoms with Crippen LogP contribution in [0.1, 0.15) is 37.7 Å². The molecule has 30 heavy (non-hydrogen) atoms. The van der Waals surface area contributed by atoms with Crippen molar-refractivity contribution in [2.24, 2.45) is 0 Å². The van der Waals surface area contributed by atoms with E-state index < -0.39 is 0 Å². The summed E-state index contributed by atoms with van der Waals surface area (Å²) in [4.78, 5) is 15.4. The van der Waals surface area contributed by atoms with Gasteiger partial charge in [-0.15, -0.1) is 0 Å². The van der Waals surface area contributed by atoms with Crippen LogP contribution in [-0.2, 0) is 6.54 Å². The van der Waals surface area contributed by atoms with Crippen LogP contribution >= 0.6 is 0 Å². The van der Waals surface area contributed by atoms with E-state index in [1.807, 2.05) is 6.07 Å². The van der Waals surface area contributed by atoms with Gasteiger partial charge in [-0.05, 0) is 49.2 Å². The Morgan fingerprint density at radius 2 is 1.77 bits per heavy atom. The molecule has 0 atom stereocenters. The van der Waals surface area contributed by atoms with Crippen LogP contribution in [0.4, 0.5) is 0 Å². The molecular weight excluding hydrogens is 382 g/mol. The summed E-state index contributed by atoms with van der Waals surface area (Å²) in [6, 6.07) is 11.2. The molecule has 1 aliphatic heterocycles. The molecule has 0 bridgehead atoms. The van der Waals surface area contributed by atoms with E-state index >= 15 is 0 Å². The molecule has 0 unspecified atom stereocenters. The monoisotopic (exact) mass is 407 g/mol. The minimum atomic E-state index is -0.190. The SMILES string of the molecule is COc1ccc(Oc2coc3c4c(ccc3c2=O)OCN(C2CCCCC2)C4)cc1. The van der Waals surface area contributed by atoms with E-state index in [2.05, 4.69) is 4.90 Å². The molecule has 6 heteroatoms. The lowest BCUT2D eigenvalue weighted by Gasteiger charge is -2.37. The molecule has 0 amide bonds. The van der Waals surface area contributed by atoms with E-state index in [-0.39, 0.29) is 11.2 Å². The summed E-state index contributed by atoms with van der Waals surface area (Å²) in [6.07, 6.45) is 7.65. The van der Waals surface area contributed by atoms with Gasteiger partial charge < -0.3 is 18.6 Å². The lowest BCUT2D eigenvalue weighted by molar-refractivity contribution is 0.0406. The van der Waals surface area contributed by atoms with Crippen LogP contribution in [0, 0.1) is 0 Å². The second-order valence-electron chi connectivity index (χ2n) is 7.94. The Morgan fingerprint density at radius 1 is 1.00 bits per heavy atom. The van der Waals surface area contributed by atoms with Crippen molar-refractivity contribution in [1.82, 2.24) is 4.90 Å². The van der Waals surface area contributed by atoms with E-state index in [1.54, 1.807) is 37.4 Å². The molecule has 0 N–H and O–H groups in total. The molecule has 2 aromatic carbocycles. The number of benzene rings is 2. The average molecular weight is 407 g/mol. The number of methoxy groups -OCH3 is 1. The van der Waals surface area contributed by atoms with Crippen LogP contribution in [0.15, 0.2) is 51.9 Å². The summed E-state index contributed by atoms with van der Waals surface area (Å²) in [7, 11) is 1.60. The van der Waals surface area contributed by atoms with Crippen molar-refractivity contribution in [3.05, 3.63) is 58.4 Å². The molecule has 0 saturated heterocycles. The molecule has 2 aliphatic rings. The van der Waals surface area contributed by atoms with Gasteiger partial charge in [0.1, 0.15) is 35.8 Å². The summed E-state index contributed by atoms with van der Waals surface area (Å²) in [6.45, 7) is 1.32. The van der Waals surface area contributed by atoms with Crippen LogP contribution in [0.5, 0.6) is 23.0 Å². The normalized spacial score (nSPS) is 17.4. The predicted molar refractivity (Wildman–Crippen MR) is 113 cm³/mol. The molecule has 1 aliphatic carbocycles. The number of fused-ring (bicyclic) bond motifs is 3. The highest BCUT2D eigenvalue weighted by Crippen LogP contribution is 2.35. The van der Waals surface area contributed by atoms with Gasteiger partial charge in [0.25, 0.3) is 0 Å². The first kappa shape index (κ1) is 19.0. The maximum absolute atomic E-state index is 13.1. The predicted octanol–water partition coefficient (Wildman–Crippen LogP) is 5.08. The number of hydrogen-bond donors (Lipinski definition) is 0. The zero-order valence-corrected chi connectivity index (χ0v) is 17.1. The fraction of sp³-hybridized carbons (Fsp3) is 0.375. The van der Waals surface area contributed by atoms with E-state index in [1.165, 1.54) is 38.4 Å². The van der Waals surface area contributed by atoms with E-state index in [4.69, 9.17) is 18.6 Å². The summed E-state index contributed by atoms with van der Waals surface area (Å²) in [5.41, 5.74) is 1.34. The van der Waals surface area contributed by atoms with Crippen molar-refractivity contribution >= 4 is 11.0 Å². The van der Waals surface area contributed by atoms with Gasteiger partial charge in [-0.1, -0.05) is 19.3 Å². The topological polar surface area (TPSA) is 61.1 Å². The molecule has 1 saturated carbocycles. The summed E-state index contributed by atoms with van der Waals surface area (Å²) in [5.74, 6) is 2.23. The number of nitrogens with zero attached hydrogens (tertiary/aromatic N) is 1. The van der Waals surface area contributed by atoms with Gasteiger partial charge in [-0.2, -0.15) is 0 Å². The van der Waals surface area contributed by atoms with E-state index in [0.717, 1.165) is 23.6 Å². The zero-order valence-electron chi connectivity index (χ0n) is 17.1. The molecule has 2 heterocycles. The Balaban J connectivity index is 1.45. The van der Waals surface area contributed by atoms with Crippen molar-refractivity contribution < 1.29 is 18.6 Å². The van der Waals surface area contributed by atoms with Gasteiger partial charge in [0.05, 0.1) is 18.1 Å². The first-order valence-corrected chi connectivity index (χ1v) is 10.5.